The van der Waals surface area contributed by atoms with Crippen molar-refractivity contribution in [1.29, 1.82) is 0 Å². The highest BCUT2D eigenvalue weighted by Gasteiger charge is 2.15. The zero-order chi connectivity index (χ0) is 16.9. The Balaban J connectivity index is 1.89. The molecular weight excluding hydrogens is 304 g/mol. The van der Waals surface area contributed by atoms with E-state index < -0.39 is 5.91 Å². The molecule has 0 unspecified atom stereocenters. The first kappa shape index (κ1) is 15.6. The summed E-state index contributed by atoms with van der Waals surface area (Å²) in [6, 6.07) is 16.3. The van der Waals surface area contributed by atoms with E-state index in [4.69, 9.17) is 10.8 Å². The Hall–Kier alpha value is -3.25. The fourth-order valence-electron chi connectivity index (χ4n) is 2.20. The van der Waals surface area contributed by atoms with Crippen molar-refractivity contribution in [3.8, 4) is 11.3 Å². The summed E-state index contributed by atoms with van der Waals surface area (Å²) in [7, 11) is 0. The second-order valence-corrected chi connectivity index (χ2v) is 5.16. The molecule has 0 radical (unpaired) electrons. The number of nitrogens with one attached hydrogen (secondary N) is 1. The topological polar surface area (TPSA) is 101 Å². The summed E-state index contributed by atoms with van der Waals surface area (Å²) < 4.78 is 0. The Bertz CT molecular complexity index is 849. The highest BCUT2D eigenvalue weighted by molar-refractivity contribution is 6.05. The van der Waals surface area contributed by atoms with Gasteiger partial charge in [0.05, 0.1) is 18.5 Å². The van der Waals surface area contributed by atoms with Crippen LogP contribution in [0.25, 0.3) is 11.3 Å². The molecule has 1 heterocycles. The van der Waals surface area contributed by atoms with Crippen molar-refractivity contribution in [1.82, 2.24) is 9.97 Å². The van der Waals surface area contributed by atoms with Gasteiger partial charge in [-0.2, -0.15) is 0 Å². The summed E-state index contributed by atoms with van der Waals surface area (Å²) in [5.41, 5.74) is 8.64. The van der Waals surface area contributed by atoms with Crippen LogP contribution < -0.4 is 11.1 Å². The summed E-state index contributed by atoms with van der Waals surface area (Å²) in [6.07, 6.45) is 1.52. The van der Waals surface area contributed by atoms with Gasteiger partial charge in [0, 0.05) is 11.3 Å². The highest BCUT2D eigenvalue weighted by atomic mass is 16.3. The smallest absolute Gasteiger partial charge is 0.278 e. The number of hydrogen-bond acceptors (Lipinski definition) is 5. The number of aliphatic hydroxyl groups excluding tert-OH is 1. The monoisotopic (exact) mass is 320 g/mol. The predicted octanol–water partition coefficient (Wildman–Crippen LogP) is 2.47. The normalized spacial score (nSPS) is 10.4. The number of rotatable bonds is 4. The summed E-state index contributed by atoms with van der Waals surface area (Å²) >= 11 is 0. The maximum absolute atomic E-state index is 12.4. The Morgan fingerprint density at radius 1 is 1.08 bits per heavy atom. The minimum atomic E-state index is -0.417. The first-order chi connectivity index (χ1) is 11.7. The first-order valence-corrected chi connectivity index (χ1v) is 7.36. The first-order valence-electron chi connectivity index (χ1n) is 7.36. The Morgan fingerprint density at radius 3 is 2.46 bits per heavy atom. The lowest BCUT2D eigenvalue weighted by Crippen LogP contribution is -2.17. The molecule has 120 valence electrons. The van der Waals surface area contributed by atoms with Crippen LogP contribution in [0.5, 0.6) is 0 Å². The Morgan fingerprint density at radius 2 is 1.79 bits per heavy atom. The number of carbonyl (C=O) groups is 1. The lowest BCUT2D eigenvalue weighted by molar-refractivity contribution is 0.102. The summed E-state index contributed by atoms with van der Waals surface area (Å²) in [5, 5.41) is 11.8. The van der Waals surface area contributed by atoms with E-state index in [1.807, 2.05) is 30.3 Å². The molecule has 0 bridgehead atoms. The molecule has 2 aromatic carbocycles. The van der Waals surface area contributed by atoms with Crippen molar-refractivity contribution in [3.05, 3.63) is 72.1 Å². The number of carbonyl (C=O) groups excluding carboxylic acids is 1. The van der Waals surface area contributed by atoms with Gasteiger partial charge in [0.1, 0.15) is 0 Å². The molecule has 6 heteroatoms. The van der Waals surface area contributed by atoms with Crippen molar-refractivity contribution in [2.45, 2.75) is 6.61 Å². The number of nitrogen functional groups attached to an aromatic ring is 1. The van der Waals surface area contributed by atoms with E-state index in [0.717, 1.165) is 11.1 Å². The van der Waals surface area contributed by atoms with Crippen LogP contribution in [0.2, 0.25) is 0 Å². The number of nitrogens with two attached hydrogens (primary N) is 1. The van der Waals surface area contributed by atoms with E-state index in [-0.39, 0.29) is 18.1 Å². The minimum absolute atomic E-state index is 0.0293. The van der Waals surface area contributed by atoms with Crippen LogP contribution in [0.3, 0.4) is 0 Å². The van der Waals surface area contributed by atoms with E-state index in [9.17, 15) is 4.79 Å². The standard InChI is InChI=1S/C18H16N4O2/c19-17-16(18(24)21-14-4-2-1-3-5-14)22-15(10-20-17)13-8-6-12(11-23)7-9-13/h1-10,23H,11H2,(H2,19,20)(H,21,24). The molecule has 3 aromatic rings. The third-order valence-corrected chi connectivity index (χ3v) is 3.48. The van der Waals surface area contributed by atoms with Gasteiger partial charge in [-0.25, -0.2) is 9.97 Å². The van der Waals surface area contributed by atoms with Gasteiger partial charge in [-0.1, -0.05) is 42.5 Å². The van der Waals surface area contributed by atoms with Gasteiger partial charge >= 0.3 is 0 Å². The third-order valence-electron chi connectivity index (χ3n) is 3.48. The maximum Gasteiger partial charge on any atom is 0.278 e. The van der Waals surface area contributed by atoms with Crippen LogP contribution >= 0.6 is 0 Å². The molecule has 0 saturated carbocycles. The number of amides is 1. The average Bonchev–Trinajstić information content (AvgIpc) is 2.63. The number of hydrogen-bond donors (Lipinski definition) is 3. The number of aromatic nitrogens is 2. The molecule has 1 aromatic heterocycles. The highest BCUT2D eigenvalue weighted by Crippen LogP contribution is 2.20. The number of anilines is 2. The maximum atomic E-state index is 12.4. The molecule has 3 rings (SSSR count). The molecule has 1 amide bonds. The van der Waals surface area contributed by atoms with Crippen molar-refractivity contribution in [2.75, 3.05) is 11.1 Å². The predicted molar refractivity (Wildman–Crippen MR) is 92.2 cm³/mol. The molecule has 0 atom stereocenters. The molecular formula is C18H16N4O2. The molecule has 4 N–H and O–H groups in total. The molecule has 0 saturated heterocycles. The lowest BCUT2D eigenvalue weighted by Gasteiger charge is -2.08. The van der Waals surface area contributed by atoms with Crippen LogP contribution in [0.15, 0.2) is 60.8 Å². The van der Waals surface area contributed by atoms with Gasteiger partial charge in [-0.05, 0) is 17.7 Å². The molecule has 6 nitrogen and oxygen atoms in total. The third kappa shape index (κ3) is 3.39. The molecule has 0 aliphatic carbocycles. The van der Waals surface area contributed by atoms with Crippen molar-refractivity contribution in [3.63, 3.8) is 0 Å². The van der Waals surface area contributed by atoms with Gasteiger partial charge in [0.25, 0.3) is 5.91 Å². The van der Waals surface area contributed by atoms with Gasteiger partial charge in [-0.3, -0.25) is 4.79 Å². The zero-order valence-electron chi connectivity index (χ0n) is 12.8. The van der Waals surface area contributed by atoms with E-state index in [1.54, 1.807) is 24.3 Å². The van der Waals surface area contributed by atoms with Crippen LogP contribution in [-0.4, -0.2) is 21.0 Å². The summed E-state index contributed by atoms with van der Waals surface area (Å²) in [6.45, 7) is -0.0293. The molecule has 0 aliphatic rings. The van der Waals surface area contributed by atoms with Crippen LogP contribution in [0.1, 0.15) is 16.1 Å². The van der Waals surface area contributed by atoms with Gasteiger partial charge in [0.15, 0.2) is 11.5 Å². The van der Waals surface area contributed by atoms with Gasteiger partial charge in [0.2, 0.25) is 0 Å². The van der Waals surface area contributed by atoms with Crippen LogP contribution in [0.4, 0.5) is 11.5 Å². The van der Waals surface area contributed by atoms with Crippen molar-refractivity contribution >= 4 is 17.4 Å². The molecule has 24 heavy (non-hydrogen) atoms. The number of benzene rings is 2. The number of para-hydroxylation sites is 1. The number of nitrogens with zero attached hydrogens (tertiary/aromatic N) is 2. The Kier molecular flexibility index (Phi) is 4.49. The fourth-order valence-corrected chi connectivity index (χ4v) is 2.20. The van der Waals surface area contributed by atoms with Crippen molar-refractivity contribution in [2.24, 2.45) is 0 Å². The van der Waals surface area contributed by atoms with E-state index >= 15 is 0 Å². The summed E-state index contributed by atoms with van der Waals surface area (Å²) in [4.78, 5) is 20.8. The Labute approximate surface area is 139 Å². The second-order valence-electron chi connectivity index (χ2n) is 5.16. The quantitative estimate of drug-likeness (QED) is 0.685. The number of aliphatic hydroxyl groups is 1. The van der Waals surface area contributed by atoms with E-state index in [1.165, 1.54) is 6.20 Å². The zero-order valence-corrected chi connectivity index (χ0v) is 12.8. The molecule has 0 fully saturated rings. The van der Waals surface area contributed by atoms with E-state index in [0.29, 0.717) is 11.4 Å². The average molecular weight is 320 g/mol. The minimum Gasteiger partial charge on any atom is -0.392 e. The van der Waals surface area contributed by atoms with Gasteiger partial charge in [-0.15, -0.1) is 0 Å². The van der Waals surface area contributed by atoms with Crippen LogP contribution in [0, 0.1) is 0 Å². The molecule has 0 aliphatic heterocycles. The van der Waals surface area contributed by atoms with Crippen LogP contribution in [-0.2, 0) is 6.61 Å². The van der Waals surface area contributed by atoms with E-state index in [2.05, 4.69) is 15.3 Å². The largest absolute Gasteiger partial charge is 0.392 e. The SMILES string of the molecule is Nc1ncc(-c2ccc(CO)cc2)nc1C(=O)Nc1ccccc1. The van der Waals surface area contributed by atoms with Gasteiger partial charge < -0.3 is 16.2 Å². The fraction of sp³-hybridized carbons (Fsp3) is 0.0556. The second kappa shape index (κ2) is 6.89. The summed E-state index contributed by atoms with van der Waals surface area (Å²) in [5.74, 6) is -0.348. The molecule has 0 spiro atoms. The lowest BCUT2D eigenvalue weighted by atomic mass is 10.1. The van der Waals surface area contributed by atoms with Crippen molar-refractivity contribution < 1.29 is 9.90 Å².